The molecule has 0 amide bonds. The second-order valence-corrected chi connectivity index (χ2v) is 14.6. The zero-order chi connectivity index (χ0) is 36.8. The zero-order valence-electron chi connectivity index (χ0n) is 27.6. The molecule has 0 bridgehead atoms. The van der Waals surface area contributed by atoms with Gasteiger partial charge in [0.1, 0.15) is 11.8 Å². The van der Waals surface area contributed by atoms with Crippen LogP contribution in [0.5, 0.6) is 0 Å². The molecule has 10 nitrogen and oxygen atoms in total. The highest BCUT2D eigenvalue weighted by molar-refractivity contribution is 7.91. The molecule has 2 aliphatic carbocycles. The zero-order valence-corrected chi connectivity index (χ0v) is 28.4. The third-order valence-electron chi connectivity index (χ3n) is 9.45. The van der Waals surface area contributed by atoms with Crippen molar-refractivity contribution in [1.82, 2.24) is 0 Å². The van der Waals surface area contributed by atoms with Gasteiger partial charge in [0.15, 0.2) is 46.3 Å². The van der Waals surface area contributed by atoms with Crippen LogP contribution < -0.4 is 0 Å². The van der Waals surface area contributed by atoms with Gasteiger partial charge in [0.05, 0.1) is 9.79 Å². The number of fused-ring (bicyclic) bond motifs is 2. The van der Waals surface area contributed by atoms with Crippen LogP contribution in [0, 0.1) is 25.7 Å². The van der Waals surface area contributed by atoms with Gasteiger partial charge in [-0.3, -0.25) is 38.4 Å². The number of ketones is 8. The van der Waals surface area contributed by atoms with E-state index in [1.54, 1.807) is 62.4 Å². The Balaban J connectivity index is 1.17. The number of hydrogen-bond acceptors (Lipinski definition) is 10. The average molecular weight is 703 g/mol. The van der Waals surface area contributed by atoms with E-state index in [4.69, 9.17) is 0 Å². The molecule has 0 spiro atoms. The van der Waals surface area contributed by atoms with Crippen molar-refractivity contribution in [1.29, 1.82) is 0 Å². The summed E-state index contributed by atoms with van der Waals surface area (Å²) in [6.45, 7) is 3.50. The Labute approximate surface area is 292 Å². The van der Waals surface area contributed by atoms with Crippen molar-refractivity contribution in [3.63, 3.8) is 0 Å². The summed E-state index contributed by atoms with van der Waals surface area (Å²) in [6, 6.07) is 20.1. The van der Waals surface area contributed by atoms with Crippen LogP contribution >= 0.6 is 0 Å². The molecule has 0 aliphatic heterocycles. The fourth-order valence-electron chi connectivity index (χ4n) is 6.60. The molecular weight excluding hydrogens is 672 g/mol. The minimum Gasteiger partial charge on any atom is -0.298 e. The molecule has 4 aromatic carbocycles. The van der Waals surface area contributed by atoms with Crippen LogP contribution in [0.3, 0.4) is 0 Å². The Bertz CT molecular complexity index is 2210. The maximum Gasteiger partial charge on any atom is 0.206 e. The average Bonchev–Trinajstić information content (AvgIpc) is 3.52. The van der Waals surface area contributed by atoms with Crippen LogP contribution in [0.15, 0.2) is 94.7 Å². The molecule has 51 heavy (non-hydrogen) atoms. The number of rotatable bonds is 12. The Morgan fingerprint density at radius 1 is 0.490 bits per heavy atom. The monoisotopic (exact) mass is 702 g/mol. The van der Waals surface area contributed by atoms with Crippen molar-refractivity contribution < 1.29 is 46.8 Å². The van der Waals surface area contributed by atoms with E-state index >= 15 is 0 Å². The van der Waals surface area contributed by atoms with Gasteiger partial charge in [0.25, 0.3) is 0 Å². The topological polar surface area (TPSA) is 171 Å². The minimum atomic E-state index is -4.44. The molecule has 0 heterocycles. The van der Waals surface area contributed by atoms with Crippen LogP contribution in [-0.2, 0) is 19.4 Å². The van der Waals surface area contributed by atoms with Gasteiger partial charge in [-0.1, -0.05) is 48.5 Å². The van der Waals surface area contributed by atoms with Crippen molar-refractivity contribution in [2.75, 3.05) is 0 Å². The van der Waals surface area contributed by atoms with Crippen molar-refractivity contribution in [2.45, 2.75) is 49.3 Å². The summed E-state index contributed by atoms with van der Waals surface area (Å²) in [4.78, 5) is 103. The molecule has 11 heteroatoms. The summed E-state index contributed by atoms with van der Waals surface area (Å²) in [5.41, 5.74) is 1.53. The number of carbonyl (C=O) groups excluding carboxylic acids is 8. The van der Waals surface area contributed by atoms with E-state index in [0.29, 0.717) is 11.1 Å². The first-order valence-corrected chi connectivity index (χ1v) is 17.6. The van der Waals surface area contributed by atoms with Gasteiger partial charge in [0, 0.05) is 59.1 Å². The van der Waals surface area contributed by atoms with Gasteiger partial charge in [-0.15, -0.1) is 0 Å². The minimum absolute atomic E-state index is 0.125. The SMILES string of the molecule is Cc1ccccc1C(=O)CCC(=O)C1C(=O)c2ccc(S(=O)(=O)c3ccc4c(c3)C(=O)C(C(=O)CCC(=O)c3ccccc3C)C4=O)cc2C1=O. The summed E-state index contributed by atoms with van der Waals surface area (Å²) in [6.07, 6.45) is -1.14. The second kappa shape index (κ2) is 13.5. The summed E-state index contributed by atoms with van der Waals surface area (Å²) in [5.74, 6) is -8.87. The summed E-state index contributed by atoms with van der Waals surface area (Å²) < 4.78 is 27.4. The predicted molar refractivity (Wildman–Crippen MR) is 182 cm³/mol. The summed E-state index contributed by atoms with van der Waals surface area (Å²) >= 11 is 0. The lowest BCUT2D eigenvalue weighted by Gasteiger charge is -2.08. The standard InChI is InChI=1S/C40H30O10S/c1-21-7-3-5-9-25(21)31(41)15-17-33(43)35-37(45)27-13-11-23(19-29(27)39(35)47)51(49,50)24-12-14-28-30(20-24)40(48)36(38(28)46)34(44)18-16-32(42)26-10-6-4-8-22(26)2/h3-14,19-20,35-36H,15-18H2,1-2H3. The Morgan fingerprint density at radius 3 is 1.22 bits per heavy atom. The molecule has 0 N–H and O–H groups in total. The van der Waals surface area contributed by atoms with Crippen LogP contribution in [0.4, 0.5) is 0 Å². The molecule has 0 saturated carbocycles. The van der Waals surface area contributed by atoms with Gasteiger partial charge >= 0.3 is 0 Å². The van der Waals surface area contributed by atoms with Crippen molar-refractivity contribution in [2.24, 2.45) is 11.8 Å². The molecule has 256 valence electrons. The van der Waals surface area contributed by atoms with Gasteiger partial charge in [0.2, 0.25) is 9.84 Å². The molecule has 0 aromatic heterocycles. The Hall–Kier alpha value is -5.81. The van der Waals surface area contributed by atoms with Crippen LogP contribution in [0.25, 0.3) is 0 Å². The Morgan fingerprint density at radius 2 is 0.843 bits per heavy atom. The number of sulfone groups is 1. The maximum absolute atomic E-state index is 13.7. The van der Waals surface area contributed by atoms with E-state index in [0.717, 1.165) is 47.5 Å². The van der Waals surface area contributed by atoms with Crippen LogP contribution in [0.2, 0.25) is 0 Å². The quantitative estimate of drug-likeness (QED) is 0.134. The molecule has 2 unspecified atom stereocenters. The summed E-state index contributed by atoms with van der Waals surface area (Å²) in [5, 5.41) is 0. The molecule has 0 fully saturated rings. The van der Waals surface area contributed by atoms with E-state index in [-0.39, 0.29) is 59.5 Å². The molecule has 6 rings (SSSR count). The molecule has 0 saturated heterocycles. The second-order valence-electron chi connectivity index (χ2n) is 12.7. The first-order chi connectivity index (χ1) is 24.2. The van der Waals surface area contributed by atoms with Crippen LogP contribution in [-0.4, -0.2) is 54.7 Å². The highest BCUT2D eigenvalue weighted by Crippen LogP contribution is 2.35. The van der Waals surface area contributed by atoms with Gasteiger partial charge in [-0.25, -0.2) is 8.42 Å². The number of hydrogen-bond donors (Lipinski definition) is 0. The first kappa shape index (κ1) is 35.0. The van der Waals surface area contributed by atoms with Crippen molar-refractivity contribution >= 4 is 56.1 Å². The van der Waals surface area contributed by atoms with Gasteiger partial charge in [-0.05, 0) is 61.4 Å². The number of Topliss-reactive ketones (excluding diaryl/α,β-unsaturated/α-hetero) is 8. The fourth-order valence-corrected chi connectivity index (χ4v) is 7.92. The highest BCUT2D eigenvalue weighted by atomic mass is 32.2. The Kier molecular flexibility index (Phi) is 9.26. The van der Waals surface area contributed by atoms with E-state index < -0.39 is 66.2 Å². The normalized spacial score (nSPS) is 16.6. The smallest absolute Gasteiger partial charge is 0.206 e. The van der Waals surface area contributed by atoms with Gasteiger partial charge in [-0.2, -0.15) is 0 Å². The van der Waals surface area contributed by atoms with E-state index in [2.05, 4.69) is 0 Å². The van der Waals surface area contributed by atoms with Gasteiger partial charge < -0.3 is 0 Å². The lowest BCUT2D eigenvalue weighted by molar-refractivity contribution is -0.121. The van der Waals surface area contributed by atoms with E-state index in [1.807, 2.05) is 0 Å². The largest absolute Gasteiger partial charge is 0.298 e. The van der Waals surface area contributed by atoms with E-state index in [9.17, 15) is 46.8 Å². The molecule has 0 radical (unpaired) electrons. The fraction of sp³-hybridized carbons (Fsp3) is 0.200. The van der Waals surface area contributed by atoms with Crippen molar-refractivity contribution in [3.8, 4) is 0 Å². The predicted octanol–water partition coefficient (Wildman–Crippen LogP) is 5.59. The third kappa shape index (κ3) is 6.25. The first-order valence-electron chi connectivity index (χ1n) is 16.2. The lowest BCUT2D eigenvalue weighted by Crippen LogP contribution is -2.26. The number of aryl methyl sites for hydroxylation is 2. The van der Waals surface area contributed by atoms with E-state index in [1.165, 1.54) is 0 Å². The number of carbonyl (C=O) groups is 8. The highest BCUT2D eigenvalue weighted by Gasteiger charge is 2.45. The van der Waals surface area contributed by atoms with Crippen molar-refractivity contribution in [3.05, 3.63) is 129 Å². The molecule has 4 aromatic rings. The van der Waals surface area contributed by atoms with Crippen LogP contribution in [0.1, 0.15) is 99.0 Å². The maximum atomic E-state index is 13.7. The summed E-state index contributed by atoms with van der Waals surface area (Å²) in [7, 11) is -4.44. The molecule has 2 aliphatic rings. The molecular formula is C40H30O10S. The lowest BCUT2D eigenvalue weighted by atomic mass is 9.93. The number of benzene rings is 4. The molecule has 2 atom stereocenters. The third-order valence-corrected chi connectivity index (χ3v) is 11.2.